The molecule has 1 aromatic carbocycles. The topological polar surface area (TPSA) is 58.7 Å². The van der Waals surface area contributed by atoms with Gasteiger partial charge in [0.15, 0.2) is 0 Å². The quantitative estimate of drug-likeness (QED) is 0.843. The largest absolute Gasteiger partial charge is 0.492 e. The highest BCUT2D eigenvalue weighted by Crippen LogP contribution is 2.20. The molecule has 2 rings (SSSR count). The van der Waals surface area contributed by atoms with Gasteiger partial charge in [-0.2, -0.15) is 0 Å². The van der Waals surface area contributed by atoms with Crippen LogP contribution in [0.4, 0.5) is 0 Å². The lowest BCUT2D eigenvalue weighted by Crippen LogP contribution is -2.43. The maximum absolute atomic E-state index is 9.88. The SMILES string of the molecule is CC1(O)CCN(CCOc2ccc(CN)cc2)CC1. The van der Waals surface area contributed by atoms with Crippen molar-refractivity contribution in [1.29, 1.82) is 0 Å². The Labute approximate surface area is 115 Å². The number of hydrogen-bond donors (Lipinski definition) is 2. The van der Waals surface area contributed by atoms with Gasteiger partial charge in [0.1, 0.15) is 12.4 Å². The lowest BCUT2D eigenvalue weighted by atomic mass is 9.94. The average molecular weight is 264 g/mol. The fourth-order valence-corrected chi connectivity index (χ4v) is 2.27. The molecule has 4 heteroatoms. The van der Waals surface area contributed by atoms with Crippen LogP contribution in [0.3, 0.4) is 0 Å². The van der Waals surface area contributed by atoms with Crippen LogP contribution < -0.4 is 10.5 Å². The van der Waals surface area contributed by atoms with Gasteiger partial charge in [-0.05, 0) is 37.5 Å². The van der Waals surface area contributed by atoms with E-state index in [0.29, 0.717) is 13.2 Å². The zero-order valence-corrected chi connectivity index (χ0v) is 11.6. The van der Waals surface area contributed by atoms with Gasteiger partial charge in [-0.25, -0.2) is 0 Å². The number of aliphatic hydroxyl groups is 1. The summed E-state index contributed by atoms with van der Waals surface area (Å²) in [4.78, 5) is 2.34. The van der Waals surface area contributed by atoms with Gasteiger partial charge in [-0.15, -0.1) is 0 Å². The van der Waals surface area contributed by atoms with Crippen LogP contribution in [0, 0.1) is 0 Å². The van der Waals surface area contributed by atoms with Crippen LogP contribution in [0.2, 0.25) is 0 Å². The number of hydrogen-bond acceptors (Lipinski definition) is 4. The number of nitrogens with two attached hydrogens (primary N) is 1. The highest BCUT2D eigenvalue weighted by Gasteiger charge is 2.26. The number of benzene rings is 1. The molecule has 1 aromatic rings. The van der Waals surface area contributed by atoms with Crippen molar-refractivity contribution in [3.63, 3.8) is 0 Å². The Morgan fingerprint density at radius 1 is 1.26 bits per heavy atom. The summed E-state index contributed by atoms with van der Waals surface area (Å²) in [6, 6.07) is 7.91. The number of ether oxygens (including phenoxy) is 1. The minimum absolute atomic E-state index is 0.477. The number of piperidine rings is 1. The predicted octanol–water partition coefficient (Wildman–Crippen LogP) is 1.37. The van der Waals surface area contributed by atoms with Crippen molar-refractivity contribution in [3.8, 4) is 5.75 Å². The molecule has 1 saturated heterocycles. The van der Waals surface area contributed by atoms with Gasteiger partial charge in [0, 0.05) is 26.2 Å². The molecule has 0 bridgehead atoms. The van der Waals surface area contributed by atoms with Crippen LogP contribution in [-0.4, -0.2) is 41.8 Å². The van der Waals surface area contributed by atoms with Crippen molar-refractivity contribution in [3.05, 3.63) is 29.8 Å². The Bertz CT molecular complexity index is 380. The van der Waals surface area contributed by atoms with Gasteiger partial charge in [-0.1, -0.05) is 12.1 Å². The Morgan fingerprint density at radius 3 is 2.47 bits per heavy atom. The number of nitrogens with zero attached hydrogens (tertiary/aromatic N) is 1. The molecule has 1 fully saturated rings. The standard InChI is InChI=1S/C15H24N2O2/c1-15(18)6-8-17(9-7-15)10-11-19-14-4-2-13(12-16)3-5-14/h2-5,18H,6-12,16H2,1H3. The van der Waals surface area contributed by atoms with Crippen LogP contribution in [0.1, 0.15) is 25.3 Å². The van der Waals surface area contributed by atoms with E-state index < -0.39 is 5.60 Å². The van der Waals surface area contributed by atoms with Crippen LogP contribution in [0.15, 0.2) is 24.3 Å². The summed E-state index contributed by atoms with van der Waals surface area (Å²) in [6.07, 6.45) is 1.69. The highest BCUT2D eigenvalue weighted by atomic mass is 16.5. The van der Waals surface area contributed by atoms with Crippen molar-refractivity contribution in [2.45, 2.75) is 31.9 Å². The van der Waals surface area contributed by atoms with Gasteiger partial charge in [0.05, 0.1) is 5.60 Å². The lowest BCUT2D eigenvalue weighted by Gasteiger charge is -2.35. The summed E-state index contributed by atoms with van der Waals surface area (Å²) in [5, 5.41) is 9.88. The van der Waals surface area contributed by atoms with Crippen LogP contribution in [0.5, 0.6) is 5.75 Å². The van der Waals surface area contributed by atoms with E-state index in [1.165, 1.54) is 0 Å². The minimum atomic E-state index is -0.477. The van der Waals surface area contributed by atoms with Crippen LogP contribution >= 0.6 is 0 Å². The Kier molecular flexibility index (Phi) is 4.80. The molecular weight excluding hydrogens is 240 g/mol. The number of likely N-dealkylation sites (tertiary alicyclic amines) is 1. The maximum Gasteiger partial charge on any atom is 0.119 e. The molecule has 0 atom stereocenters. The molecule has 0 radical (unpaired) electrons. The molecular formula is C15H24N2O2. The first-order valence-corrected chi connectivity index (χ1v) is 6.96. The zero-order valence-electron chi connectivity index (χ0n) is 11.6. The Balaban J connectivity index is 1.69. The molecule has 1 aliphatic heterocycles. The van der Waals surface area contributed by atoms with E-state index in [1.54, 1.807) is 0 Å². The smallest absolute Gasteiger partial charge is 0.119 e. The molecule has 106 valence electrons. The molecule has 1 heterocycles. The molecule has 0 aromatic heterocycles. The van der Waals surface area contributed by atoms with Crippen molar-refractivity contribution in [1.82, 2.24) is 4.90 Å². The summed E-state index contributed by atoms with van der Waals surface area (Å²) in [7, 11) is 0. The molecule has 0 aliphatic carbocycles. The first kappa shape index (κ1) is 14.3. The fraction of sp³-hybridized carbons (Fsp3) is 0.600. The zero-order chi connectivity index (χ0) is 13.7. The van der Waals surface area contributed by atoms with Crippen LogP contribution in [0.25, 0.3) is 0 Å². The third kappa shape index (κ3) is 4.49. The molecule has 19 heavy (non-hydrogen) atoms. The van der Waals surface area contributed by atoms with Gasteiger partial charge >= 0.3 is 0 Å². The summed E-state index contributed by atoms with van der Waals surface area (Å²) in [5.41, 5.74) is 6.19. The van der Waals surface area contributed by atoms with Crippen molar-refractivity contribution >= 4 is 0 Å². The third-order valence-electron chi connectivity index (χ3n) is 3.77. The van der Waals surface area contributed by atoms with Crippen molar-refractivity contribution < 1.29 is 9.84 Å². The van der Waals surface area contributed by atoms with Gasteiger partial charge in [0.25, 0.3) is 0 Å². The van der Waals surface area contributed by atoms with E-state index in [9.17, 15) is 5.11 Å². The highest BCUT2D eigenvalue weighted by molar-refractivity contribution is 5.27. The summed E-state index contributed by atoms with van der Waals surface area (Å²) < 4.78 is 5.72. The molecule has 0 spiro atoms. The fourth-order valence-electron chi connectivity index (χ4n) is 2.27. The van der Waals surface area contributed by atoms with Crippen molar-refractivity contribution in [2.75, 3.05) is 26.2 Å². The van der Waals surface area contributed by atoms with E-state index in [1.807, 2.05) is 31.2 Å². The van der Waals surface area contributed by atoms with Gasteiger partial charge < -0.3 is 15.6 Å². The van der Waals surface area contributed by atoms with Crippen molar-refractivity contribution in [2.24, 2.45) is 5.73 Å². The Hall–Kier alpha value is -1.10. The lowest BCUT2D eigenvalue weighted by molar-refractivity contribution is -0.00768. The molecule has 3 N–H and O–H groups in total. The average Bonchev–Trinajstić information content (AvgIpc) is 2.41. The second kappa shape index (κ2) is 6.37. The summed E-state index contributed by atoms with van der Waals surface area (Å²) in [5.74, 6) is 0.890. The van der Waals surface area contributed by atoms with Gasteiger partial charge in [0.2, 0.25) is 0 Å². The van der Waals surface area contributed by atoms with E-state index in [0.717, 1.165) is 43.8 Å². The second-order valence-electron chi connectivity index (χ2n) is 5.54. The predicted molar refractivity (Wildman–Crippen MR) is 76.1 cm³/mol. The minimum Gasteiger partial charge on any atom is -0.492 e. The molecule has 4 nitrogen and oxygen atoms in total. The first-order chi connectivity index (χ1) is 9.09. The second-order valence-corrected chi connectivity index (χ2v) is 5.54. The first-order valence-electron chi connectivity index (χ1n) is 6.96. The van der Waals surface area contributed by atoms with E-state index in [-0.39, 0.29) is 0 Å². The third-order valence-corrected chi connectivity index (χ3v) is 3.77. The molecule has 0 amide bonds. The normalized spacial score (nSPS) is 19.3. The summed E-state index contributed by atoms with van der Waals surface area (Å²) in [6.45, 7) is 5.97. The van der Waals surface area contributed by atoms with E-state index in [4.69, 9.17) is 10.5 Å². The number of rotatable bonds is 5. The monoisotopic (exact) mass is 264 g/mol. The summed E-state index contributed by atoms with van der Waals surface area (Å²) >= 11 is 0. The van der Waals surface area contributed by atoms with Crippen LogP contribution in [-0.2, 0) is 6.54 Å². The molecule has 0 unspecified atom stereocenters. The van der Waals surface area contributed by atoms with E-state index >= 15 is 0 Å². The molecule has 1 aliphatic rings. The van der Waals surface area contributed by atoms with E-state index in [2.05, 4.69) is 4.90 Å². The van der Waals surface area contributed by atoms with Gasteiger partial charge in [-0.3, -0.25) is 4.90 Å². The Morgan fingerprint density at radius 2 is 1.89 bits per heavy atom. The molecule has 0 saturated carbocycles. The maximum atomic E-state index is 9.88.